The lowest BCUT2D eigenvalue weighted by atomic mass is 10.2. The molecule has 2 saturated heterocycles. The normalized spacial score (nSPS) is 17.1. The molecule has 3 aromatic rings. The van der Waals surface area contributed by atoms with E-state index >= 15 is 0 Å². The molecule has 2 fully saturated rings. The summed E-state index contributed by atoms with van der Waals surface area (Å²) in [6.45, 7) is 3.96. The molecule has 5 rings (SSSR count). The van der Waals surface area contributed by atoms with Crippen LogP contribution in [0.2, 0.25) is 0 Å². The van der Waals surface area contributed by atoms with E-state index in [2.05, 4.69) is 19.9 Å². The molecule has 2 aliphatic rings. The molecule has 0 radical (unpaired) electrons. The van der Waals surface area contributed by atoms with Crippen LogP contribution in [0, 0.1) is 0 Å². The number of phenolic OH excluding ortho intramolecular Hbond substituents is 1. The van der Waals surface area contributed by atoms with Crippen molar-refractivity contribution < 1.29 is 23.0 Å². The van der Waals surface area contributed by atoms with Gasteiger partial charge in [-0.15, -0.1) is 0 Å². The Morgan fingerprint density at radius 2 is 1.37 bits per heavy atom. The number of anilines is 3. The number of pyridine rings is 1. The van der Waals surface area contributed by atoms with E-state index in [1.165, 1.54) is 12.3 Å². The topological polar surface area (TPSA) is 90.7 Å². The third-order valence-electron chi connectivity index (χ3n) is 5.99. The zero-order chi connectivity index (χ0) is 24.4. The van der Waals surface area contributed by atoms with E-state index in [-0.39, 0.29) is 11.6 Å². The Morgan fingerprint density at radius 3 is 2.00 bits per heavy atom. The minimum absolute atomic E-state index is 0.0610. The number of hydrogen-bond donors (Lipinski definition) is 1. The summed E-state index contributed by atoms with van der Waals surface area (Å²) < 4.78 is 45.8. The first-order valence-electron chi connectivity index (χ1n) is 11.3. The Balaban J connectivity index is 1.41. The van der Waals surface area contributed by atoms with Crippen molar-refractivity contribution >= 4 is 17.7 Å². The minimum atomic E-state index is -4.47. The first kappa shape index (κ1) is 23.1. The van der Waals surface area contributed by atoms with Crippen LogP contribution < -0.4 is 14.7 Å². The van der Waals surface area contributed by atoms with E-state index in [0.29, 0.717) is 70.2 Å². The smallest absolute Gasteiger partial charge is 0.419 e. The quantitative estimate of drug-likeness (QED) is 0.597. The van der Waals surface area contributed by atoms with Crippen molar-refractivity contribution in [1.29, 1.82) is 0 Å². The van der Waals surface area contributed by atoms with Gasteiger partial charge in [-0.05, 0) is 36.4 Å². The first-order chi connectivity index (χ1) is 16.9. The van der Waals surface area contributed by atoms with E-state index in [1.807, 2.05) is 9.80 Å². The van der Waals surface area contributed by atoms with Gasteiger partial charge in [-0.2, -0.15) is 28.1 Å². The van der Waals surface area contributed by atoms with Crippen LogP contribution in [0.4, 0.5) is 30.9 Å². The summed E-state index contributed by atoms with van der Waals surface area (Å²) in [6.07, 6.45) is -3.09. The fraction of sp³-hybridized carbons (Fsp3) is 0.391. The molecule has 0 saturated carbocycles. The molecule has 1 aromatic carbocycles. The van der Waals surface area contributed by atoms with Crippen LogP contribution in [0.1, 0.15) is 5.56 Å². The van der Waals surface area contributed by atoms with Gasteiger partial charge in [-0.25, -0.2) is 4.98 Å². The largest absolute Gasteiger partial charge is 0.508 e. The average molecular weight is 487 g/mol. The van der Waals surface area contributed by atoms with Crippen LogP contribution in [0.15, 0.2) is 42.6 Å². The molecule has 0 amide bonds. The number of alkyl halides is 3. The summed E-state index contributed by atoms with van der Waals surface area (Å²) in [5.41, 5.74) is -0.0132. The van der Waals surface area contributed by atoms with Crippen LogP contribution in [-0.4, -0.2) is 77.5 Å². The van der Waals surface area contributed by atoms with Crippen LogP contribution in [0.5, 0.6) is 5.75 Å². The number of benzene rings is 1. The second-order valence-corrected chi connectivity index (χ2v) is 8.25. The Kier molecular flexibility index (Phi) is 6.29. The van der Waals surface area contributed by atoms with Crippen molar-refractivity contribution in [2.75, 3.05) is 67.2 Å². The maximum atomic E-state index is 13.5. The second-order valence-electron chi connectivity index (χ2n) is 8.25. The van der Waals surface area contributed by atoms with E-state index in [0.717, 1.165) is 11.6 Å². The molecule has 0 spiro atoms. The third kappa shape index (κ3) is 5.06. The maximum absolute atomic E-state index is 13.5. The van der Waals surface area contributed by atoms with Crippen molar-refractivity contribution in [3.05, 3.63) is 48.2 Å². The number of nitrogens with zero attached hydrogens (tertiary/aromatic N) is 7. The number of aromatic nitrogens is 4. The zero-order valence-corrected chi connectivity index (χ0v) is 18.8. The van der Waals surface area contributed by atoms with Gasteiger partial charge in [0, 0.05) is 51.0 Å². The van der Waals surface area contributed by atoms with Gasteiger partial charge in [0.1, 0.15) is 11.6 Å². The van der Waals surface area contributed by atoms with E-state index in [4.69, 9.17) is 4.74 Å². The van der Waals surface area contributed by atoms with E-state index in [1.54, 1.807) is 29.2 Å². The molecule has 0 unspecified atom stereocenters. The van der Waals surface area contributed by atoms with Crippen LogP contribution in [0.3, 0.4) is 0 Å². The second kappa shape index (κ2) is 9.53. The summed E-state index contributed by atoms with van der Waals surface area (Å²) in [4.78, 5) is 23.6. The van der Waals surface area contributed by atoms with Crippen molar-refractivity contribution in [3.8, 4) is 17.1 Å². The van der Waals surface area contributed by atoms with E-state index < -0.39 is 11.7 Å². The van der Waals surface area contributed by atoms with Gasteiger partial charge >= 0.3 is 6.18 Å². The first-order valence-corrected chi connectivity index (χ1v) is 11.3. The highest BCUT2D eigenvalue weighted by atomic mass is 19.4. The van der Waals surface area contributed by atoms with Crippen molar-refractivity contribution in [1.82, 2.24) is 19.9 Å². The number of halogens is 3. The van der Waals surface area contributed by atoms with Gasteiger partial charge in [0.05, 0.1) is 18.8 Å². The van der Waals surface area contributed by atoms with Gasteiger partial charge in [0.15, 0.2) is 5.82 Å². The summed E-state index contributed by atoms with van der Waals surface area (Å²) in [6, 6.07) is 8.95. The average Bonchev–Trinajstić information content (AvgIpc) is 2.89. The molecule has 2 aromatic heterocycles. The predicted octanol–water partition coefficient (Wildman–Crippen LogP) is 2.82. The zero-order valence-electron chi connectivity index (χ0n) is 18.8. The fourth-order valence-electron chi connectivity index (χ4n) is 4.13. The van der Waals surface area contributed by atoms with Gasteiger partial charge in [-0.3, -0.25) is 0 Å². The highest BCUT2D eigenvalue weighted by molar-refractivity contribution is 5.60. The van der Waals surface area contributed by atoms with Gasteiger partial charge in [-0.1, -0.05) is 0 Å². The fourth-order valence-corrected chi connectivity index (χ4v) is 4.13. The van der Waals surface area contributed by atoms with E-state index in [9.17, 15) is 18.3 Å². The Hall–Kier alpha value is -3.67. The minimum Gasteiger partial charge on any atom is -0.508 e. The molecule has 12 heteroatoms. The van der Waals surface area contributed by atoms with Crippen molar-refractivity contribution in [3.63, 3.8) is 0 Å². The van der Waals surface area contributed by atoms with Crippen LogP contribution >= 0.6 is 0 Å². The Morgan fingerprint density at radius 1 is 0.771 bits per heavy atom. The van der Waals surface area contributed by atoms with Crippen LogP contribution in [0.25, 0.3) is 11.4 Å². The van der Waals surface area contributed by atoms with Crippen LogP contribution in [-0.2, 0) is 10.9 Å². The molecule has 9 nitrogen and oxygen atoms in total. The third-order valence-corrected chi connectivity index (χ3v) is 5.99. The molecular formula is C23H24F3N7O2. The number of piperazine rings is 1. The molecule has 4 heterocycles. The Bertz CT molecular complexity index is 1160. The molecule has 0 atom stereocenters. The number of hydrogen-bond acceptors (Lipinski definition) is 9. The number of aromatic hydroxyl groups is 1. The lowest BCUT2D eigenvalue weighted by molar-refractivity contribution is -0.137. The molecule has 0 bridgehead atoms. The summed E-state index contributed by atoms with van der Waals surface area (Å²) in [5, 5.41) is 9.65. The molecule has 35 heavy (non-hydrogen) atoms. The monoisotopic (exact) mass is 487 g/mol. The van der Waals surface area contributed by atoms with Gasteiger partial charge in [0.2, 0.25) is 11.9 Å². The summed E-state index contributed by atoms with van der Waals surface area (Å²) in [7, 11) is 0. The molecule has 1 N–H and O–H groups in total. The van der Waals surface area contributed by atoms with Crippen molar-refractivity contribution in [2.45, 2.75) is 6.18 Å². The van der Waals surface area contributed by atoms with Gasteiger partial charge in [0.25, 0.3) is 0 Å². The SMILES string of the molecule is Oc1ccc(-c2nc(N3CCOCC3)nc(N3CCN(c4ncccc4C(F)(F)F)CC3)n2)cc1. The highest BCUT2D eigenvalue weighted by Crippen LogP contribution is 2.35. The number of phenols is 1. The molecule has 2 aliphatic heterocycles. The molecule has 0 aliphatic carbocycles. The number of rotatable bonds is 4. The maximum Gasteiger partial charge on any atom is 0.419 e. The van der Waals surface area contributed by atoms with Crippen molar-refractivity contribution in [2.24, 2.45) is 0 Å². The standard InChI is InChI=1S/C23H24F3N7O2/c24-23(25,26)18-2-1-7-27-20(18)31-8-10-32(11-9-31)21-28-19(16-3-5-17(34)6-4-16)29-22(30-21)33-12-14-35-15-13-33/h1-7,34H,8-15H2. The number of ether oxygens (including phenoxy) is 1. The lowest BCUT2D eigenvalue weighted by Gasteiger charge is -2.36. The predicted molar refractivity (Wildman–Crippen MR) is 124 cm³/mol. The summed E-state index contributed by atoms with van der Waals surface area (Å²) in [5.74, 6) is 1.52. The molecular weight excluding hydrogens is 463 g/mol. The summed E-state index contributed by atoms with van der Waals surface area (Å²) >= 11 is 0. The Labute approximate surface area is 199 Å². The van der Waals surface area contributed by atoms with Gasteiger partial charge < -0.3 is 24.5 Å². The molecule has 184 valence electrons. The highest BCUT2D eigenvalue weighted by Gasteiger charge is 2.36. The number of morpholine rings is 1. The lowest BCUT2D eigenvalue weighted by Crippen LogP contribution is -2.48.